The third kappa shape index (κ3) is 2.54. The summed E-state index contributed by atoms with van der Waals surface area (Å²) >= 11 is 0. The number of rotatable bonds is 3. The van der Waals surface area contributed by atoms with E-state index in [1.165, 1.54) is 0 Å². The van der Waals surface area contributed by atoms with Gasteiger partial charge in [-0.25, -0.2) is 9.97 Å². The Morgan fingerprint density at radius 1 is 1.15 bits per heavy atom. The molecule has 5 heteroatoms. The number of aryl methyl sites for hydroxylation is 2. The van der Waals surface area contributed by atoms with Crippen molar-refractivity contribution in [2.75, 3.05) is 19.5 Å². The summed E-state index contributed by atoms with van der Waals surface area (Å²) in [5.74, 6) is 1.99. The molecule has 1 N–H and O–H groups in total. The molecular weight excluding hydrogens is 252 g/mol. The minimum atomic E-state index is 0.340. The number of anilines is 1. The zero-order valence-electron chi connectivity index (χ0n) is 12.0. The molecule has 1 heterocycles. The summed E-state index contributed by atoms with van der Waals surface area (Å²) in [5, 5.41) is 12.0. The molecule has 1 aromatic heterocycles. The normalized spacial score (nSPS) is 9.95. The van der Waals surface area contributed by atoms with Gasteiger partial charge in [-0.1, -0.05) is 0 Å². The van der Waals surface area contributed by atoms with Crippen LogP contribution in [0, 0.1) is 25.2 Å². The zero-order valence-corrected chi connectivity index (χ0v) is 12.0. The van der Waals surface area contributed by atoms with Gasteiger partial charge in [-0.2, -0.15) is 5.26 Å². The lowest BCUT2D eigenvalue weighted by Gasteiger charge is -2.11. The monoisotopic (exact) mass is 268 g/mol. The molecule has 0 unspecified atom stereocenters. The maximum atomic E-state index is 9.05. The average Bonchev–Trinajstić information content (AvgIpc) is 2.48. The van der Waals surface area contributed by atoms with Gasteiger partial charge in [0.2, 0.25) is 0 Å². The summed E-state index contributed by atoms with van der Waals surface area (Å²) in [5.41, 5.74) is 3.25. The van der Waals surface area contributed by atoms with E-state index in [1.807, 2.05) is 26.0 Å². The second kappa shape index (κ2) is 5.57. The van der Waals surface area contributed by atoms with E-state index in [9.17, 15) is 0 Å². The second-order valence-corrected chi connectivity index (χ2v) is 4.46. The summed E-state index contributed by atoms with van der Waals surface area (Å²) in [7, 11) is 3.41. The van der Waals surface area contributed by atoms with E-state index in [0.717, 1.165) is 22.4 Å². The molecule has 0 bridgehead atoms. The first-order valence-corrected chi connectivity index (χ1v) is 6.21. The first-order chi connectivity index (χ1) is 9.58. The standard InChI is InChI=1S/C15H16N4O/c1-9-6-13(20-4)10(2)5-12(9)15-18-11(8-16)7-14(17-3)19-15/h5-7H,1-4H3,(H,17,18,19). The van der Waals surface area contributed by atoms with Gasteiger partial charge in [-0.15, -0.1) is 0 Å². The molecule has 0 aliphatic rings. The first-order valence-electron chi connectivity index (χ1n) is 6.21. The number of benzene rings is 1. The quantitative estimate of drug-likeness (QED) is 0.926. The Morgan fingerprint density at radius 2 is 1.90 bits per heavy atom. The Hall–Kier alpha value is -2.61. The Kier molecular flexibility index (Phi) is 3.85. The van der Waals surface area contributed by atoms with Gasteiger partial charge < -0.3 is 10.1 Å². The molecule has 0 atom stereocenters. The van der Waals surface area contributed by atoms with E-state index in [1.54, 1.807) is 20.2 Å². The number of nitriles is 1. The van der Waals surface area contributed by atoms with Gasteiger partial charge >= 0.3 is 0 Å². The summed E-state index contributed by atoms with van der Waals surface area (Å²) in [6.07, 6.45) is 0. The van der Waals surface area contributed by atoms with Crippen molar-refractivity contribution in [1.82, 2.24) is 9.97 Å². The van der Waals surface area contributed by atoms with Crippen LogP contribution in [0.25, 0.3) is 11.4 Å². The van der Waals surface area contributed by atoms with Crippen LogP contribution in [0.2, 0.25) is 0 Å². The molecule has 2 aromatic rings. The minimum absolute atomic E-state index is 0.340. The zero-order chi connectivity index (χ0) is 14.7. The summed E-state index contributed by atoms with van der Waals surface area (Å²) in [4.78, 5) is 8.69. The van der Waals surface area contributed by atoms with E-state index >= 15 is 0 Å². The topological polar surface area (TPSA) is 70.8 Å². The van der Waals surface area contributed by atoms with Crippen LogP contribution in [0.5, 0.6) is 5.75 Å². The molecule has 5 nitrogen and oxygen atoms in total. The number of aromatic nitrogens is 2. The number of methoxy groups -OCH3 is 1. The van der Waals surface area contributed by atoms with Crippen LogP contribution >= 0.6 is 0 Å². The fraction of sp³-hybridized carbons (Fsp3) is 0.267. The number of ether oxygens (including phenoxy) is 1. The highest BCUT2D eigenvalue weighted by molar-refractivity contribution is 5.65. The third-order valence-corrected chi connectivity index (χ3v) is 3.08. The van der Waals surface area contributed by atoms with Crippen LogP contribution in [-0.4, -0.2) is 24.1 Å². The fourth-order valence-corrected chi connectivity index (χ4v) is 2.00. The largest absolute Gasteiger partial charge is 0.496 e. The number of hydrogen-bond donors (Lipinski definition) is 1. The number of nitrogens with zero attached hydrogens (tertiary/aromatic N) is 3. The van der Waals surface area contributed by atoms with E-state index in [2.05, 4.69) is 21.4 Å². The van der Waals surface area contributed by atoms with Crippen molar-refractivity contribution in [3.05, 3.63) is 35.0 Å². The van der Waals surface area contributed by atoms with Crippen LogP contribution in [0.1, 0.15) is 16.8 Å². The molecule has 20 heavy (non-hydrogen) atoms. The lowest BCUT2D eigenvalue weighted by atomic mass is 10.0. The molecule has 0 aliphatic carbocycles. The lowest BCUT2D eigenvalue weighted by Crippen LogP contribution is -2.00. The molecule has 0 saturated heterocycles. The third-order valence-electron chi connectivity index (χ3n) is 3.08. The highest BCUT2D eigenvalue weighted by atomic mass is 16.5. The van der Waals surface area contributed by atoms with Crippen molar-refractivity contribution in [3.63, 3.8) is 0 Å². The first kappa shape index (κ1) is 13.8. The molecule has 2 rings (SSSR count). The van der Waals surface area contributed by atoms with E-state index in [0.29, 0.717) is 17.3 Å². The lowest BCUT2D eigenvalue weighted by molar-refractivity contribution is 0.411. The van der Waals surface area contributed by atoms with Gasteiger partial charge in [0.05, 0.1) is 7.11 Å². The Balaban J connectivity index is 2.62. The highest BCUT2D eigenvalue weighted by Gasteiger charge is 2.11. The predicted molar refractivity (Wildman–Crippen MR) is 77.8 cm³/mol. The highest BCUT2D eigenvalue weighted by Crippen LogP contribution is 2.28. The van der Waals surface area contributed by atoms with Gasteiger partial charge in [0.1, 0.15) is 23.3 Å². The maximum Gasteiger partial charge on any atom is 0.163 e. The van der Waals surface area contributed by atoms with Gasteiger partial charge in [-0.05, 0) is 37.1 Å². The van der Waals surface area contributed by atoms with Crippen LogP contribution in [0.15, 0.2) is 18.2 Å². The van der Waals surface area contributed by atoms with Crippen LogP contribution in [0.3, 0.4) is 0 Å². The Morgan fingerprint density at radius 3 is 2.50 bits per heavy atom. The summed E-state index contributed by atoms with van der Waals surface area (Å²) < 4.78 is 5.30. The predicted octanol–water partition coefficient (Wildman–Crippen LogP) is 2.68. The molecule has 102 valence electrons. The van der Waals surface area contributed by atoms with Gasteiger partial charge in [0.25, 0.3) is 0 Å². The molecule has 0 fully saturated rings. The van der Waals surface area contributed by atoms with E-state index < -0.39 is 0 Å². The van der Waals surface area contributed by atoms with Crippen LogP contribution in [-0.2, 0) is 0 Å². The van der Waals surface area contributed by atoms with Crippen LogP contribution in [0.4, 0.5) is 5.82 Å². The molecule has 0 saturated carbocycles. The minimum Gasteiger partial charge on any atom is -0.496 e. The molecule has 0 spiro atoms. The molecule has 0 radical (unpaired) electrons. The van der Waals surface area contributed by atoms with Crippen molar-refractivity contribution in [1.29, 1.82) is 5.26 Å². The fourth-order valence-electron chi connectivity index (χ4n) is 2.00. The average molecular weight is 268 g/mol. The molecular formula is C15H16N4O. The van der Waals surface area contributed by atoms with Crippen molar-refractivity contribution in [2.24, 2.45) is 0 Å². The molecule has 0 amide bonds. The van der Waals surface area contributed by atoms with Gasteiger partial charge in [-0.3, -0.25) is 0 Å². The van der Waals surface area contributed by atoms with Gasteiger partial charge in [0.15, 0.2) is 5.82 Å². The molecule has 1 aromatic carbocycles. The SMILES string of the molecule is CNc1cc(C#N)nc(-c2cc(C)c(OC)cc2C)n1. The number of nitrogens with one attached hydrogen (secondary N) is 1. The van der Waals surface area contributed by atoms with E-state index in [4.69, 9.17) is 10.00 Å². The van der Waals surface area contributed by atoms with Crippen molar-refractivity contribution in [3.8, 4) is 23.2 Å². The van der Waals surface area contributed by atoms with E-state index in [-0.39, 0.29) is 0 Å². The Bertz CT molecular complexity index is 689. The van der Waals surface area contributed by atoms with Crippen molar-refractivity contribution < 1.29 is 4.74 Å². The Labute approximate surface area is 118 Å². The van der Waals surface area contributed by atoms with Gasteiger partial charge in [0, 0.05) is 18.7 Å². The van der Waals surface area contributed by atoms with Crippen molar-refractivity contribution >= 4 is 5.82 Å². The van der Waals surface area contributed by atoms with Crippen molar-refractivity contribution in [2.45, 2.75) is 13.8 Å². The second-order valence-electron chi connectivity index (χ2n) is 4.46. The maximum absolute atomic E-state index is 9.05. The summed E-state index contributed by atoms with van der Waals surface area (Å²) in [6.45, 7) is 3.94. The van der Waals surface area contributed by atoms with Crippen LogP contribution < -0.4 is 10.1 Å². The smallest absolute Gasteiger partial charge is 0.163 e. The number of hydrogen-bond acceptors (Lipinski definition) is 5. The summed E-state index contributed by atoms with van der Waals surface area (Å²) in [6, 6.07) is 7.60. The molecule has 0 aliphatic heterocycles.